The SMILES string of the molecule is O=C([O-])C1C(F)=C(F)C(F)=C(F)C1F. The first kappa shape index (κ1) is 10.7. The van der Waals surface area contributed by atoms with Crippen LogP contribution in [0, 0.1) is 5.92 Å². The third-order valence-corrected chi connectivity index (χ3v) is 1.67. The van der Waals surface area contributed by atoms with Crippen LogP contribution in [0.2, 0.25) is 0 Å². The van der Waals surface area contributed by atoms with Crippen molar-refractivity contribution in [1.29, 1.82) is 0 Å². The molecule has 1 rings (SSSR count). The number of rotatable bonds is 1. The summed E-state index contributed by atoms with van der Waals surface area (Å²) in [6.45, 7) is 0. The molecule has 2 unspecified atom stereocenters. The number of carbonyl (C=O) groups excluding carboxylic acids is 1. The second-order valence-electron chi connectivity index (χ2n) is 2.52. The Bertz CT molecular complexity index is 346. The summed E-state index contributed by atoms with van der Waals surface area (Å²) < 4.78 is 62.3. The lowest BCUT2D eigenvalue weighted by atomic mass is 9.95. The predicted molar refractivity (Wildman–Crippen MR) is 31.9 cm³/mol. The molecule has 78 valence electrons. The standard InChI is InChI=1S/C7H3F5O2/c8-2-1(7(13)14)3(9)5(11)6(12)4(2)10/h1-2H,(H,13,14)/p-1. The summed E-state index contributed by atoms with van der Waals surface area (Å²) in [5.41, 5.74) is 0. The number of allylic oxidation sites excluding steroid dienone is 3. The summed E-state index contributed by atoms with van der Waals surface area (Å²) in [6.07, 6.45) is -3.10. The molecule has 0 aliphatic heterocycles. The highest BCUT2D eigenvalue weighted by Gasteiger charge is 2.41. The number of carboxylic acids is 1. The normalized spacial score (nSPS) is 28.4. The summed E-state index contributed by atoms with van der Waals surface area (Å²) in [4.78, 5) is 10.1. The Morgan fingerprint density at radius 1 is 1.07 bits per heavy atom. The van der Waals surface area contributed by atoms with Crippen LogP contribution in [0.1, 0.15) is 0 Å². The Hall–Kier alpha value is -1.40. The number of aliphatic carboxylic acids is 1. The second kappa shape index (κ2) is 3.39. The van der Waals surface area contributed by atoms with E-state index in [-0.39, 0.29) is 0 Å². The Morgan fingerprint density at radius 2 is 1.50 bits per heavy atom. The monoisotopic (exact) mass is 213 g/mol. The lowest BCUT2D eigenvalue weighted by molar-refractivity contribution is -0.312. The van der Waals surface area contributed by atoms with Crippen molar-refractivity contribution in [1.82, 2.24) is 0 Å². The molecule has 2 atom stereocenters. The average Bonchev–Trinajstić information content (AvgIpc) is 2.11. The molecule has 0 aromatic rings. The van der Waals surface area contributed by atoms with E-state index >= 15 is 0 Å². The molecule has 14 heavy (non-hydrogen) atoms. The van der Waals surface area contributed by atoms with Gasteiger partial charge in [0.05, 0.1) is 11.9 Å². The molecular formula is C7H2F5O2-. The maximum absolute atomic E-state index is 12.6. The smallest absolute Gasteiger partial charge is 0.196 e. The van der Waals surface area contributed by atoms with Crippen LogP contribution in [-0.2, 0) is 4.79 Å². The molecule has 1 aliphatic rings. The van der Waals surface area contributed by atoms with E-state index in [0.717, 1.165) is 0 Å². The van der Waals surface area contributed by atoms with E-state index in [9.17, 15) is 31.9 Å². The largest absolute Gasteiger partial charge is 0.549 e. The van der Waals surface area contributed by atoms with Crippen molar-refractivity contribution >= 4 is 5.97 Å². The van der Waals surface area contributed by atoms with Crippen LogP contribution >= 0.6 is 0 Å². The predicted octanol–water partition coefficient (Wildman–Crippen LogP) is 1.01. The van der Waals surface area contributed by atoms with E-state index in [1.165, 1.54) is 0 Å². The molecule has 7 heteroatoms. The number of halogens is 5. The van der Waals surface area contributed by atoms with Gasteiger partial charge in [0.25, 0.3) is 0 Å². The highest BCUT2D eigenvalue weighted by molar-refractivity contribution is 5.73. The van der Waals surface area contributed by atoms with Crippen molar-refractivity contribution < 1.29 is 31.9 Å². The molecule has 0 radical (unpaired) electrons. The first-order chi connectivity index (χ1) is 6.37. The molecule has 0 saturated carbocycles. The average molecular weight is 213 g/mol. The summed E-state index contributed by atoms with van der Waals surface area (Å²) in [6, 6.07) is 0. The second-order valence-corrected chi connectivity index (χ2v) is 2.52. The molecule has 2 nitrogen and oxygen atoms in total. The van der Waals surface area contributed by atoms with Crippen molar-refractivity contribution in [2.75, 3.05) is 0 Å². The highest BCUT2D eigenvalue weighted by atomic mass is 19.2. The van der Waals surface area contributed by atoms with Gasteiger partial charge in [0.1, 0.15) is 0 Å². The van der Waals surface area contributed by atoms with E-state index in [4.69, 9.17) is 0 Å². The minimum Gasteiger partial charge on any atom is -0.549 e. The lowest BCUT2D eigenvalue weighted by Crippen LogP contribution is -2.39. The molecule has 0 aromatic heterocycles. The first-order valence-electron chi connectivity index (χ1n) is 3.33. The zero-order chi connectivity index (χ0) is 11.0. The van der Waals surface area contributed by atoms with Gasteiger partial charge in [0.15, 0.2) is 29.5 Å². The number of carbonyl (C=O) groups is 1. The molecule has 0 amide bonds. The number of carboxylic acid groups (broad SMARTS) is 1. The van der Waals surface area contributed by atoms with Gasteiger partial charge in [0.2, 0.25) is 0 Å². The zero-order valence-electron chi connectivity index (χ0n) is 6.36. The molecule has 1 aliphatic carbocycles. The third kappa shape index (κ3) is 1.38. The van der Waals surface area contributed by atoms with E-state index < -0.39 is 41.4 Å². The summed E-state index contributed by atoms with van der Waals surface area (Å²) in [5.74, 6) is -14.3. The Balaban J connectivity index is 3.25. The number of alkyl halides is 1. The maximum Gasteiger partial charge on any atom is 0.196 e. The lowest BCUT2D eigenvalue weighted by Gasteiger charge is -2.23. The molecule has 0 fully saturated rings. The van der Waals surface area contributed by atoms with Crippen LogP contribution in [0.5, 0.6) is 0 Å². The molecular weight excluding hydrogens is 211 g/mol. The zero-order valence-corrected chi connectivity index (χ0v) is 6.36. The van der Waals surface area contributed by atoms with Crippen molar-refractivity contribution in [3.8, 4) is 0 Å². The van der Waals surface area contributed by atoms with Crippen LogP contribution in [0.4, 0.5) is 22.0 Å². The Labute approximate surface area is 74.3 Å². The molecule has 0 bridgehead atoms. The van der Waals surface area contributed by atoms with Crippen LogP contribution < -0.4 is 5.11 Å². The van der Waals surface area contributed by atoms with Crippen molar-refractivity contribution in [2.45, 2.75) is 6.17 Å². The van der Waals surface area contributed by atoms with Crippen molar-refractivity contribution in [2.24, 2.45) is 5.92 Å². The Morgan fingerprint density at radius 3 is 1.93 bits per heavy atom. The van der Waals surface area contributed by atoms with E-state index in [0.29, 0.717) is 0 Å². The quantitative estimate of drug-likeness (QED) is 0.609. The highest BCUT2D eigenvalue weighted by Crippen LogP contribution is 2.38. The van der Waals surface area contributed by atoms with Crippen molar-refractivity contribution in [3.63, 3.8) is 0 Å². The first-order valence-corrected chi connectivity index (χ1v) is 3.33. The third-order valence-electron chi connectivity index (χ3n) is 1.67. The van der Waals surface area contributed by atoms with Crippen LogP contribution in [0.3, 0.4) is 0 Å². The van der Waals surface area contributed by atoms with Crippen molar-refractivity contribution in [3.05, 3.63) is 23.3 Å². The van der Waals surface area contributed by atoms with Gasteiger partial charge in [0, 0.05) is 0 Å². The fourth-order valence-corrected chi connectivity index (χ4v) is 0.965. The molecule has 0 heterocycles. The Kier molecular flexibility index (Phi) is 2.59. The molecule has 0 aromatic carbocycles. The van der Waals surface area contributed by atoms with Crippen LogP contribution in [0.15, 0.2) is 23.3 Å². The maximum atomic E-state index is 12.6. The number of hydrogen-bond acceptors (Lipinski definition) is 2. The van der Waals surface area contributed by atoms with Gasteiger partial charge < -0.3 is 9.90 Å². The van der Waals surface area contributed by atoms with Crippen LogP contribution in [-0.4, -0.2) is 12.1 Å². The van der Waals surface area contributed by atoms with E-state index in [1.807, 2.05) is 0 Å². The van der Waals surface area contributed by atoms with Gasteiger partial charge in [-0.2, -0.15) is 0 Å². The molecule has 0 spiro atoms. The minimum absolute atomic E-state index is 2.21. The molecule has 0 saturated heterocycles. The topological polar surface area (TPSA) is 40.1 Å². The van der Waals surface area contributed by atoms with E-state index in [2.05, 4.69) is 0 Å². The van der Waals surface area contributed by atoms with Gasteiger partial charge in [-0.05, 0) is 0 Å². The number of hydrogen-bond donors (Lipinski definition) is 0. The van der Waals surface area contributed by atoms with Gasteiger partial charge >= 0.3 is 0 Å². The van der Waals surface area contributed by atoms with Gasteiger partial charge in [-0.15, -0.1) is 0 Å². The van der Waals surface area contributed by atoms with E-state index in [1.54, 1.807) is 0 Å². The van der Waals surface area contributed by atoms with Gasteiger partial charge in [-0.1, -0.05) is 0 Å². The minimum atomic E-state index is -3.10. The summed E-state index contributed by atoms with van der Waals surface area (Å²) in [5, 5.41) is 10.1. The van der Waals surface area contributed by atoms with Crippen LogP contribution in [0.25, 0.3) is 0 Å². The molecule has 0 N–H and O–H groups in total. The summed E-state index contributed by atoms with van der Waals surface area (Å²) in [7, 11) is 0. The van der Waals surface area contributed by atoms with Gasteiger partial charge in [-0.3, -0.25) is 0 Å². The summed E-state index contributed by atoms with van der Waals surface area (Å²) >= 11 is 0. The fraction of sp³-hybridized carbons (Fsp3) is 0.286. The van der Waals surface area contributed by atoms with Gasteiger partial charge in [-0.25, -0.2) is 22.0 Å². The fourth-order valence-electron chi connectivity index (χ4n) is 0.965.